The lowest BCUT2D eigenvalue weighted by molar-refractivity contribution is -0.384. The molecular formula is C25H31BrN4O7S. The van der Waals surface area contributed by atoms with Gasteiger partial charge in [-0.25, -0.2) is 8.42 Å². The van der Waals surface area contributed by atoms with Gasteiger partial charge in [-0.15, -0.1) is 0 Å². The average Bonchev–Trinajstić information content (AvgIpc) is 3.38. The van der Waals surface area contributed by atoms with E-state index in [2.05, 4.69) is 21.2 Å². The molecule has 1 fully saturated rings. The van der Waals surface area contributed by atoms with Gasteiger partial charge in [0.05, 0.1) is 18.3 Å². The maximum absolute atomic E-state index is 13.7. The summed E-state index contributed by atoms with van der Waals surface area (Å²) in [6.07, 6.45) is 4.68. The van der Waals surface area contributed by atoms with E-state index in [9.17, 15) is 28.1 Å². The molecule has 0 aliphatic heterocycles. The van der Waals surface area contributed by atoms with Crippen LogP contribution >= 0.6 is 15.9 Å². The van der Waals surface area contributed by atoms with E-state index in [0.717, 1.165) is 52.3 Å². The first-order valence-corrected chi connectivity index (χ1v) is 14.7. The molecule has 3 rings (SSSR count). The number of carbonyl (C=O) groups is 2. The second-order valence-electron chi connectivity index (χ2n) is 9.20. The number of ether oxygens (including phenoxy) is 1. The number of benzene rings is 2. The molecule has 1 atom stereocenters. The molecule has 206 valence electrons. The Kier molecular flexibility index (Phi) is 9.71. The first kappa shape index (κ1) is 29.4. The zero-order valence-electron chi connectivity index (χ0n) is 21.4. The summed E-state index contributed by atoms with van der Waals surface area (Å²) < 4.78 is 32.5. The van der Waals surface area contributed by atoms with E-state index in [-0.39, 0.29) is 35.6 Å². The van der Waals surface area contributed by atoms with Crippen molar-refractivity contribution in [2.75, 3.05) is 24.2 Å². The highest BCUT2D eigenvalue weighted by Crippen LogP contribution is 2.34. The zero-order valence-corrected chi connectivity index (χ0v) is 23.8. The van der Waals surface area contributed by atoms with Crippen molar-refractivity contribution in [2.24, 2.45) is 0 Å². The number of anilines is 1. The highest BCUT2D eigenvalue weighted by atomic mass is 79.9. The van der Waals surface area contributed by atoms with Gasteiger partial charge in [-0.1, -0.05) is 40.9 Å². The van der Waals surface area contributed by atoms with Crippen molar-refractivity contribution in [1.29, 1.82) is 0 Å². The minimum atomic E-state index is -4.09. The van der Waals surface area contributed by atoms with Crippen LogP contribution in [0.15, 0.2) is 46.9 Å². The molecule has 0 unspecified atom stereocenters. The molecular weight excluding hydrogens is 580 g/mol. The third-order valence-electron chi connectivity index (χ3n) is 6.46. The van der Waals surface area contributed by atoms with Gasteiger partial charge in [0.25, 0.3) is 5.69 Å². The van der Waals surface area contributed by atoms with Crippen LogP contribution in [0.3, 0.4) is 0 Å². The van der Waals surface area contributed by atoms with Crippen molar-refractivity contribution in [2.45, 2.75) is 51.2 Å². The van der Waals surface area contributed by atoms with Crippen LogP contribution in [0.5, 0.6) is 5.75 Å². The summed E-state index contributed by atoms with van der Waals surface area (Å²) in [5.74, 6) is -0.942. The number of nitrogens with zero attached hydrogens (tertiary/aromatic N) is 3. The summed E-state index contributed by atoms with van der Waals surface area (Å²) in [6, 6.07) is 9.83. The standard InChI is InChI=1S/C25H31BrN4O7S/c1-17(25(32)27-20-6-4-5-7-20)28(15-18-8-10-19(26)11-9-18)24(31)16-29(38(3,35)36)22-14-21(30(33)34)12-13-23(22)37-2/h8-14,17,20H,4-7,15-16H2,1-3H3,(H,27,32)/t17-/m0/s1. The monoisotopic (exact) mass is 610 g/mol. The maximum atomic E-state index is 13.7. The van der Waals surface area contributed by atoms with Crippen LogP contribution in [0.1, 0.15) is 38.2 Å². The second kappa shape index (κ2) is 12.6. The van der Waals surface area contributed by atoms with E-state index in [0.29, 0.717) is 0 Å². The number of hydrogen-bond donors (Lipinski definition) is 1. The molecule has 0 radical (unpaired) electrons. The number of halogens is 1. The predicted molar refractivity (Wildman–Crippen MR) is 146 cm³/mol. The lowest BCUT2D eigenvalue weighted by Gasteiger charge is -2.32. The van der Waals surface area contributed by atoms with E-state index in [1.165, 1.54) is 24.1 Å². The molecule has 0 heterocycles. The Bertz CT molecular complexity index is 1280. The number of nitro benzene ring substituents is 1. The average molecular weight is 612 g/mol. The van der Waals surface area contributed by atoms with Crippen molar-refractivity contribution in [1.82, 2.24) is 10.2 Å². The molecule has 1 aliphatic carbocycles. The SMILES string of the molecule is COc1ccc([N+](=O)[O-])cc1N(CC(=O)N(Cc1ccc(Br)cc1)[C@@H](C)C(=O)NC1CCCC1)S(C)(=O)=O. The fourth-order valence-corrected chi connectivity index (χ4v) is 5.45. The second-order valence-corrected chi connectivity index (χ2v) is 12.0. The van der Waals surface area contributed by atoms with Crippen molar-refractivity contribution in [3.05, 3.63) is 62.6 Å². The lowest BCUT2D eigenvalue weighted by Crippen LogP contribution is -2.52. The Balaban J connectivity index is 1.96. The fraction of sp³-hybridized carbons (Fsp3) is 0.440. The molecule has 1 aliphatic rings. The number of nitro groups is 1. The summed E-state index contributed by atoms with van der Waals surface area (Å²) in [7, 11) is -2.79. The van der Waals surface area contributed by atoms with Crippen LogP contribution in [0.4, 0.5) is 11.4 Å². The highest BCUT2D eigenvalue weighted by Gasteiger charge is 2.33. The van der Waals surface area contributed by atoms with Crippen LogP contribution in [-0.2, 0) is 26.2 Å². The molecule has 0 aromatic heterocycles. The van der Waals surface area contributed by atoms with Crippen molar-refractivity contribution in [3.63, 3.8) is 0 Å². The topological polar surface area (TPSA) is 139 Å². The van der Waals surface area contributed by atoms with Gasteiger partial charge in [0, 0.05) is 29.2 Å². The molecule has 0 saturated heterocycles. The minimum Gasteiger partial charge on any atom is -0.495 e. The predicted octanol–water partition coefficient (Wildman–Crippen LogP) is 3.61. The Morgan fingerprint density at radius 1 is 1.18 bits per heavy atom. The summed E-state index contributed by atoms with van der Waals surface area (Å²) in [5, 5.41) is 14.4. The van der Waals surface area contributed by atoms with Gasteiger partial charge in [-0.3, -0.25) is 24.0 Å². The van der Waals surface area contributed by atoms with Crippen LogP contribution in [0, 0.1) is 10.1 Å². The normalized spacial score (nSPS) is 14.5. The summed E-state index contributed by atoms with van der Waals surface area (Å²) in [6.45, 7) is 0.961. The number of carbonyl (C=O) groups excluding carboxylic acids is 2. The zero-order chi connectivity index (χ0) is 28.0. The largest absolute Gasteiger partial charge is 0.495 e. The van der Waals surface area contributed by atoms with Gasteiger partial charge >= 0.3 is 0 Å². The Morgan fingerprint density at radius 3 is 2.37 bits per heavy atom. The lowest BCUT2D eigenvalue weighted by atomic mass is 10.1. The molecule has 1 saturated carbocycles. The number of methoxy groups -OCH3 is 1. The number of sulfonamides is 1. The third kappa shape index (κ3) is 7.44. The number of nitrogens with one attached hydrogen (secondary N) is 1. The molecule has 2 aromatic carbocycles. The number of amides is 2. The highest BCUT2D eigenvalue weighted by molar-refractivity contribution is 9.10. The smallest absolute Gasteiger partial charge is 0.271 e. The van der Waals surface area contributed by atoms with E-state index in [1.807, 2.05) is 0 Å². The molecule has 1 N–H and O–H groups in total. The molecule has 0 bridgehead atoms. The van der Waals surface area contributed by atoms with Crippen molar-refractivity contribution >= 4 is 49.1 Å². The van der Waals surface area contributed by atoms with Gasteiger partial charge in [0.2, 0.25) is 21.8 Å². The Hall–Kier alpha value is -3.19. The van der Waals surface area contributed by atoms with E-state index in [4.69, 9.17) is 4.74 Å². The van der Waals surface area contributed by atoms with E-state index >= 15 is 0 Å². The third-order valence-corrected chi connectivity index (χ3v) is 8.11. The summed E-state index contributed by atoms with van der Waals surface area (Å²) in [4.78, 5) is 38.8. The minimum absolute atomic E-state index is 0.0382. The summed E-state index contributed by atoms with van der Waals surface area (Å²) >= 11 is 3.37. The number of rotatable bonds is 11. The van der Waals surface area contributed by atoms with Crippen LogP contribution < -0.4 is 14.4 Å². The van der Waals surface area contributed by atoms with E-state index < -0.39 is 33.4 Å². The van der Waals surface area contributed by atoms with Gasteiger partial charge in [0.15, 0.2) is 0 Å². The van der Waals surface area contributed by atoms with Gasteiger partial charge in [-0.05, 0) is 43.5 Å². The summed E-state index contributed by atoms with van der Waals surface area (Å²) in [5.41, 5.74) is 0.225. The molecule has 38 heavy (non-hydrogen) atoms. The van der Waals surface area contributed by atoms with Crippen molar-refractivity contribution < 1.29 is 27.7 Å². The Labute approximate surface area is 230 Å². The van der Waals surface area contributed by atoms with Gasteiger partial charge < -0.3 is 15.0 Å². The molecule has 2 amide bonds. The Morgan fingerprint density at radius 2 is 1.82 bits per heavy atom. The molecule has 13 heteroatoms. The molecule has 11 nitrogen and oxygen atoms in total. The first-order chi connectivity index (χ1) is 17.9. The van der Waals surface area contributed by atoms with Crippen LogP contribution in [-0.4, -0.2) is 62.0 Å². The van der Waals surface area contributed by atoms with Crippen LogP contribution in [0.25, 0.3) is 0 Å². The quantitative estimate of drug-likeness (QED) is 0.303. The molecule has 0 spiro atoms. The van der Waals surface area contributed by atoms with Crippen LogP contribution in [0.2, 0.25) is 0 Å². The molecule has 2 aromatic rings. The number of non-ortho nitro benzene ring substituents is 1. The van der Waals surface area contributed by atoms with Gasteiger partial charge in [0.1, 0.15) is 24.0 Å². The van der Waals surface area contributed by atoms with Gasteiger partial charge in [-0.2, -0.15) is 0 Å². The first-order valence-electron chi connectivity index (χ1n) is 12.0. The van der Waals surface area contributed by atoms with Crippen molar-refractivity contribution in [3.8, 4) is 5.75 Å². The number of hydrogen-bond acceptors (Lipinski definition) is 7. The maximum Gasteiger partial charge on any atom is 0.271 e. The fourth-order valence-electron chi connectivity index (χ4n) is 4.34. The van der Waals surface area contributed by atoms with E-state index in [1.54, 1.807) is 31.2 Å².